The summed E-state index contributed by atoms with van der Waals surface area (Å²) in [6.07, 6.45) is 26.9. The van der Waals surface area contributed by atoms with Crippen LogP contribution in [0.2, 0.25) is 0 Å². The molecule has 0 unspecified atom stereocenters. The molecule has 135 valence electrons. The summed E-state index contributed by atoms with van der Waals surface area (Å²) in [5, 5.41) is 0. The van der Waals surface area contributed by atoms with E-state index < -0.39 is 0 Å². The quantitative estimate of drug-likeness (QED) is 0.377. The van der Waals surface area contributed by atoms with Gasteiger partial charge in [0.05, 0.1) is 0 Å². The van der Waals surface area contributed by atoms with Crippen molar-refractivity contribution in [1.82, 2.24) is 0 Å². The van der Waals surface area contributed by atoms with Crippen LogP contribution < -0.4 is 0 Å². The molecule has 2 heteroatoms. The van der Waals surface area contributed by atoms with Crippen molar-refractivity contribution in [3.63, 3.8) is 0 Å². The van der Waals surface area contributed by atoms with Gasteiger partial charge < -0.3 is 0 Å². The maximum absolute atomic E-state index is 1.65. The second-order valence-corrected chi connectivity index (χ2v) is 12.2. The van der Waals surface area contributed by atoms with Crippen LogP contribution in [0.15, 0.2) is 0 Å². The lowest BCUT2D eigenvalue weighted by atomic mass is 9.83. The van der Waals surface area contributed by atoms with Crippen LogP contribution in [-0.4, -0.2) is 25.4 Å². The molecule has 0 aromatic carbocycles. The lowest BCUT2D eigenvalue weighted by molar-refractivity contribution is 0.332. The largest absolute Gasteiger partial charge is 0.0966 e. The van der Waals surface area contributed by atoms with Crippen LogP contribution >= 0.6 is 7.92 Å². The van der Waals surface area contributed by atoms with Gasteiger partial charge in [-0.1, -0.05) is 65.7 Å². The van der Waals surface area contributed by atoms with Gasteiger partial charge in [-0.05, 0) is 80.2 Å². The van der Waals surface area contributed by atoms with Crippen LogP contribution in [0.1, 0.15) is 109 Å². The Labute approximate surface area is 154 Å². The Morgan fingerprint density at radius 1 is 0.417 bits per heavy atom. The summed E-state index contributed by atoms with van der Waals surface area (Å²) in [6.45, 7) is 0. The molecule has 0 aromatic heterocycles. The van der Waals surface area contributed by atoms with Crippen molar-refractivity contribution in [2.45, 2.75) is 126 Å². The van der Waals surface area contributed by atoms with E-state index in [2.05, 4.69) is 0 Å². The molecule has 3 aliphatic carbocycles. The highest BCUT2D eigenvalue weighted by molar-refractivity contribution is 7.60. The third kappa shape index (κ3) is 4.24. The van der Waals surface area contributed by atoms with Crippen LogP contribution in [0.5, 0.6) is 0 Å². The Morgan fingerprint density at radius 3 is 1.21 bits per heavy atom. The van der Waals surface area contributed by atoms with Gasteiger partial charge in [-0.15, -0.1) is 0 Å². The third-order valence-electron chi connectivity index (χ3n) is 7.91. The molecule has 0 nitrogen and oxygen atoms in total. The topological polar surface area (TPSA) is 0 Å². The van der Waals surface area contributed by atoms with Gasteiger partial charge in [-0.25, -0.2) is 0 Å². The molecule has 24 heavy (non-hydrogen) atoms. The van der Waals surface area contributed by atoms with Gasteiger partial charge in [0.25, 0.3) is 0 Å². The van der Waals surface area contributed by atoms with Crippen molar-refractivity contribution < 1.29 is 0 Å². The standard InChI is InChI=1S/C22H39P.B/c1-4-10-18(11-5-1)21-16-17-22(19-12-6-2-7-13-19)23(21)20-14-8-3-9-15-20;/h18-22H,1-17H2;/t21-,22-;/m0./s1. The minimum absolute atomic E-state index is 0. The number of hydrogen-bond acceptors (Lipinski definition) is 0. The molecular weight excluding hydrogens is 306 g/mol. The minimum atomic E-state index is 0. The first-order valence-electron chi connectivity index (χ1n) is 11.2. The van der Waals surface area contributed by atoms with E-state index in [1.807, 2.05) is 0 Å². The Morgan fingerprint density at radius 2 is 0.792 bits per heavy atom. The number of rotatable bonds is 3. The first-order valence-corrected chi connectivity index (χ1v) is 12.8. The first kappa shape index (κ1) is 19.3. The van der Waals surface area contributed by atoms with Crippen LogP contribution in [0.4, 0.5) is 0 Å². The fraction of sp³-hybridized carbons (Fsp3) is 1.00. The van der Waals surface area contributed by atoms with Crippen LogP contribution in [-0.2, 0) is 0 Å². The average molecular weight is 345 g/mol. The molecule has 3 saturated carbocycles. The molecule has 4 rings (SSSR count). The monoisotopic (exact) mass is 345 g/mol. The summed E-state index contributed by atoms with van der Waals surface area (Å²) < 4.78 is 0. The van der Waals surface area contributed by atoms with Crippen molar-refractivity contribution in [2.24, 2.45) is 11.8 Å². The maximum Gasteiger partial charge on any atom is 0 e. The minimum Gasteiger partial charge on any atom is -0.0966 e. The highest BCUT2D eigenvalue weighted by Crippen LogP contribution is 2.67. The third-order valence-corrected chi connectivity index (χ3v) is 12.2. The van der Waals surface area contributed by atoms with Crippen molar-refractivity contribution in [3.05, 3.63) is 0 Å². The molecule has 4 fully saturated rings. The van der Waals surface area contributed by atoms with Gasteiger partial charge >= 0.3 is 0 Å². The lowest BCUT2D eigenvalue weighted by Crippen LogP contribution is -2.28. The van der Waals surface area contributed by atoms with Crippen LogP contribution in [0.3, 0.4) is 0 Å². The molecule has 2 atom stereocenters. The molecular formula is C22H39BP. The zero-order valence-electron chi connectivity index (χ0n) is 15.9. The van der Waals surface area contributed by atoms with E-state index in [4.69, 9.17) is 0 Å². The predicted molar refractivity (Wildman–Crippen MR) is 110 cm³/mol. The normalized spacial score (nSPS) is 35.0. The summed E-state index contributed by atoms with van der Waals surface area (Å²) in [7, 11) is 0.364. The molecule has 1 saturated heterocycles. The Bertz CT molecular complexity index is 327. The van der Waals surface area contributed by atoms with Crippen molar-refractivity contribution >= 4 is 16.3 Å². The Balaban J connectivity index is 0.00000169. The Hall–Kier alpha value is 0.495. The highest BCUT2D eigenvalue weighted by atomic mass is 31.1. The second kappa shape index (κ2) is 9.44. The van der Waals surface area contributed by atoms with Gasteiger partial charge in [-0.3, -0.25) is 0 Å². The molecule has 0 N–H and O–H groups in total. The molecule has 0 aromatic rings. The molecule has 4 aliphatic rings. The zero-order chi connectivity index (χ0) is 15.5. The highest BCUT2D eigenvalue weighted by Gasteiger charge is 2.46. The maximum atomic E-state index is 1.65. The van der Waals surface area contributed by atoms with Crippen LogP contribution in [0, 0.1) is 11.8 Å². The summed E-state index contributed by atoms with van der Waals surface area (Å²) in [4.78, 5) is 0. The van der Waals surface area contributed by atoms with E-state index in [1.165, 1.54) is 29.8 Å². The molecule has 0 bridgehead atoms. The molecule has 1 aliphatic heterocycles. The zero-order valence-corrected chi connectivity index (χ0v) is 16.8. The van der Waals surface area contributed by atoms with Crippen molar-refractivity contribution in [1.29, 1.82) is 0 Å². The van der Waals surface area contributed by atoms with Gasteiger partial charge in [0, 0.05) is 8.41 Å². The van der Waals surface area contributed by atoms with Crippen LogP contribution in [0.25, 0.3) is 0 Å². The summed E-state index contributed by atoms with van der Waals surface area (Å²) in [5.74, 6) is 2.32. The molecule has 0 amide bonds. The van der Waals surface area contributed by atoms with E-state index in [0.29, 0.717) is 7.92 Å². The average Bonchev–Trinajstić information content (AvgIpc) is 3.09. The fourth-order valence-corrected chi connectivity index (χ4v) is 11.8. The smallest absolute Gasteiger partial charge is 0 e. The van der Waals surface area contributed by atoms with E-state index in [9.17, 15) is 0 Å². The van der Waals surface area contributed by atoms with Gasteiger partial charge in [0.15, 0.2) is 0 Å². The Kier molecular flexibility index (Phi) is 7.57. The second-order valence-electron chi connectivity index (χ2n) is 9.25. The number of hydrogen-bond donors (Lipinski definition) is 0. The van der Waals surface area contributed by atoms with E-state index in [-0.39, 0.29) is 8.41 Å². The molecule has 0 spiro atoms. The lowest BCUT2D eigenvalue weighted by Gasteiger charge is -2.43. The SMILES string of the molecule is C1CCC([C@@H]2CC[C@@H](C3CCCCC3)P2C2CCCCC2)CC1.[B]. The first-order chi connectivity index (χ1) is 11.4. The summed E-state index contributed by atoms with van der Waals surface area (Å²) in [6, 6.07) is 0. The molecule has 3 radical (unpaired) electrons. The summed E-state index contributed by atoms with van der Waals surface area (Å²) >= 11 is 0. The van der Waals surface area contributed by atoms with Gasteiger partial charge in [0.1, 0.15) is 0 Å². The van der Waals surface area contributed by atoms with Crippen molar-refractivity contribution in [2.75, 3.05) is 0 Å². The van der Waals surface area contributed by atoms with E-state index >= 15 is 0 Å². The van der Waals surface area contributed by atoms with E-state index in [1.54, 1.807) is 96.3 Å². The van der Waals surface area contributed by atoms with E-state index in [0.717, 1.165) is 11.8 Å². The fourth-order valence-electron chi connectivity index (χ4n) is 6.80. The predicted octanol–water partition coefficient (Wildman–Crippen LogP) is 7.11. The van der Waals surface area contributed by atoms with Crippen molar-refractivity contribution in [3.8, 4) is 0 Å². The van der Waals surface area contributed by atoms with Gasteiger partial charge in [0.2, 0.25) is 0 Å². The van der Waals surface area contributed by atoms with Gasteiger partial charge in [-0.2, -0.15) is 0 Å². The molecule has 1 heterocycles. The summed E-state index contributed by atoms with van der Waals surface area (Å²) in [5.41, 5.74) is 3.61.